The molecule has 2 rings (SSSR count). The van der Waals surface area contributed by atoms with Crippen LogP contribution in [0, 0.1) is 12.8 Å². The second kappa shape index (κ2) is 10.5. The molecule has 0 aliphatic heterocycles. The minimum absolute atomic E-state index is 0.149. The molecule has 0 spiro atoms. The molecule has 2 aromatic carbocycles. The van der Waals surface area contributed by atoms with Crippen molar-refractivity contribution in [3.05, 3.63) is 65.2 Å². The number of rotatable bonds is 9. The first-order valence-corrected chi connectivity index (χ1v) is 9.67. The van der Waals surface area contributed by atoms with Gasteiger partial charge in [0.15, 0.2) is 0 Å². The Morgan fingerprint density at radius 1 is 1.04 bits per heavy atom. The number of carbonyl (C=O) groups excluding carboxylic acids is 2. The monoisotopic (exact) mass is 382 g/mol. The Balaban J connectivity index is 1.94. The predicted octanol–water partition coefficient (Wildman–Crippen LogP) is 3.51. The van der Waals surface area contributed by atoms with E-state index in [1.807, 2.05) is 63.2 Å². The minimum atomic E-state index is -0.553. The van der Waals surface area contributed by atoms with Crippen LogP contribution in [0.4, 0.5) is 0 Å². The van der Waals surface area contributed by atoms with E-state index < -0.39 is 6.04 Å². The van der Waals surface area contributed by atoms with E-state index in [-0.39, 0.29) is 17.7 Å². The maximum absolute atomic E-state index is 12.7. The molecule has 0 radical (unpaired) electrons. The summed E-state index contributed by atoms with van der Waals surface area (Å²) in [4.78, 5) is 25.3. The first-order valence-electron chi connectivity index (χ1n) is 9.67. The summed E-state index contributed by atoms with van der Waals surface area (Å²) < 4.78 is 5.15. The summed E-state index contributed by atoms with van der Waals surface area (Å²) in [6.07, 6.45) is 1.31. The molecule has 2 aromatic rings. The Kier molecular flexibility index (Phi) is 8.05. The highest BCUT2D eigenvalue weighted by Gasteiger charge is 2.22. The van der Waals surface area contributed by atoms with Gasteiger partial charge in [-0.3, -0.25) is 9.59 Å². The third-order valence-corrected chi connectivity index (χ3v) is 4.59. The molecule has 0 saturated heterocycles. The van der Waals surface area contributed by atoms with Crippen molar-refractivity contribution < 1.29 is 14.3 Å². The first kappa shape index (κ1) is 21.5. The topological polar surface area (TPSA) is 67.4 Å². The van der Waals surface area contributed by atoms with Crippen LogP contribution in [-0.4, -0.2) is 31.5 Å². The van der Waals surface area contributed by atoms with E-state index in [2.05, 4.69) is 10.6 Å². The number of ether oxygens (including phenoxy) is 1. The third kappa shape index (κ3) is 6.41. The van der Waals surface area contributed by atoms with Crippen molar-refractivity contribution in [3.63, 3.8) is 0 Å². The van der Waals surface area contributed by atoms with Crippen LogP contribution in [0.3, 0.4) is 0 Å². The molecule has 28 heavy (non-hydrogen) atoms. The predicted molar refractivity (Wildman–Crippen MR) is 112 cm³/mol. The maximum Gasteiger partial charge on any atom is 0.252 e. The maximum atomic E-state index is 12.7. The van der Waals surface area contributed by atoms with Gasteiger partial charge in [0.05, 0.1) is 7.11 Å². The van der Waals surface area contributed by atoms with Gasteiger partial charge in [0.2, 0.25) is 5.91 Å². The summed E-state index contributed by atoms with van der Waals surface area (Å²) in [5.41, 5.74) is 2.61. The SMILES string of the molecule is COc1ccc(CCNC(=O)[C@@H](CC(C)C)NC(=O)c2ccccc2C)cc1. The van der Waals surface area contributed by atoms with Crippen molar-refractivity contribution in [1.82, 2.24) is 10.6 Å². The van der Waals surface area contributed by atoms with Crippen LogP contribution in [0.25, 0.3) is 0 Å². The van der Waals surface area contributed by atoms with Crippen molar-refractivity contribution in [3.8, 4) is 5.75 Å². The highest BCUT2D eigenvalue weighted by molar-refractivity contribution is 5.98. The van der Waals surface area contributed by atoms with Gasteiger partial charge in [0, 0.05) is 12.1 Å². The fourth-order valence-electron chi connectivity index (χ4n) is 3.01. The Bertz CT molecular complexity index is 785. The van der Waals surface area contributed by atoms with Crippen molar-refractivity contribution in [2.24, 2.45) is 5.92 Å². The fraction of sp³-hybridized carbons (Fsp3) is 0.391. The molecule has 0 heterocycles. The van der Waals surface area contributed by atoms with Crippen LogP contribution < -0.4 is 15.4 Å². The molecule has 0 aliphatic rings. The largest absolute Gasteiger partial charge is 0.497 e. The Morgan fingerprint density at radius 2 is 1.71 bits per heavy atom. The number of hydrogen-bond acceptors (Lipinski definition) is 3. The lowest BCUT2D eigenvalue weighted by molar-refractivity contribution is -0.123. The molecule has 5 heteroatoms. The molecule has 5 nitrogen and oxygen atoms in total. The van der Waals surface area contributed by atoms with E-state index in [4.69, 9.17) is 4.74 Å². The number of amides is 2. The van der Waals surface area contributed by atoms with Crippen LogP contribution in [0.5, 0.6) is 5.75 Å². The summed E-state index contributed by atoms with van der Waals surface area (Å²) in [6, 6.07) is 14.6. The summed E-state index contributed by atoms with van der Waals surface area (Å²) in [5.74, 6) is 0.733. The molecule has 0 bridgehead atoms. The molecule has 2 N–H and O–H groups in total. The Morgan fingerprint density at radius 3 is 2.32 bits per heavy atom. The zero-order valence-electron chi connectivity index (χ0n) is 17.1. The van der Waals surface area contributed by atoms with E-state index in [0.29, 0.717) is 18.5 Å². The number of hydrogen-bond donors (Lipinski definition) is 2. The van der Waals surface area contributed by atoms with Gasteiger partial charge in [-0.1, -0.05) is 44.2 Å². The van der Waals surface area contributed by atoms with Crippen LogP contribution in [-0.2, 0) is 11.2 Å². The lowest BCUT2D eigenvalue weighted by Crippen LogP contribution is -2.48. The molecule has 0 aliphatic carbocycles. The molecule has 150 valence electrons. The highest BCUT2D eigenvalue weighted by Crippen LogP contribution is 2.12. The first-order chi connectivity index (χ1) is 13.4. The lowest BCUT2D eigenvalue weighted by atomic mass is 10.0. The fourth-order valence-corrected chi connectivity index (χ4v) is 3.01. The van der Waals surface area contributed by atoms with Gasteiger partial charge in [-0.05, 0) is 55.0 Å². The van der Waals surface area contributed by atoms with Gasteiger partial charge in [-0.15, -0.1) is 0 Å². The van der Waals surface area contributed by atoms with E-state index >= 15 is 0 Å². The van der Waals surface area contributed by atoms with Crippen molar-refractivity contribution in [1.29, 1.82) is 0 Å². The molecule has 0 fully saturated rings. The second-order valence-corrected chi connectivity index (χ2v) is 7.36. The van der Waals surface area contributed by atoms with Crippen molar-refractivity contribution >= 4 is 11.8 Å². The molecule has 2 amide bonds. The quantitative estimate of drug-likeness (QED) is 0.697. The Labute approximate surface area is 167 Å². The lowest BCUT2D eigenvalue weighted by Gasteiger charge is -2.21. The van der Waals surface area contributed by atoms with E-state index in [1.54, 1.807) is 13.2 Å². The number of methoxy groups -OCH3 is 1. The van der Waals surface area contributed by atoms with Crippen molar-refractivity contribution in [2.45, 2.75) is 39.7 Å². The van der Waals surface area contributed by atoms with Gasteiger partial charge in [-0.2, -0.15) is 0 Å². The number of nitrogens with one attached hydrogen (secondary N) is 2. The van der Waals surface area contributed by atoms with Gasteiger partial charge in [0.25, 0.3) is 5.91 Å². The highest BCUT2D eigenvalue weighted by atomic mass is 16.5. The summed E-state index contributed by atoms with van der Waals surface area (Å²) in [7, 11) is 1.63. The van der Waals surface area contributed by atoms with Crippen LogP contribution >= 0.6 is 0 Å². The third-order valence-electron chi connectivity index (χ3n) is 4.59. The molecular weight excluding hydrogens is 352 g/mol. The average molecular weight is 383 g/mol. The van der Waals surface area contributed by atoms with Gasteiger partial charge >= 0.3 is 0 Å². The zero-order chi connectivity index (χ0) is 20.5. The van der Waals surface area contributed by atoms with Gasteiger partial charge < -0.3 is 15.4 Å². The van der Waals surface area contributed by atoms with Crippen LogP contribution in [0.1, 0.15) is 41.8 Å². The van der Waals surface area contributed by atoms with Crippen LogP contribution in [0.2, 0.25) is 0 Å². The summed E-state index contributed by atoms with van der Waals surface area (Å²) in [6.45, 7) is 6.48. The number of carbonyl (C=O) groups is 2. The Hall–Kier alpha value is -2.82. The smallest absolute Gasteiger partial charge is 0.252 e. The zero-order valence-corrected chi connectivity index (χ0v) is 17.1. The molecular formula is C23H30N2O3. The normalized spacial score (nSPS) is 11.8. The van der Waals surface area contributed by atoms with Gasteiger partial charge in [-0.25, -0.2) is 0 Å². The average Bonchev–Trinajstić information content (AvgIpc) is 2.67. The molecule has 0 saturated carbocycles. The second-order valence-electron chi connectivity index (χ2n) is 7.36. The number of benzene rings is 2. The summed E-state index contributed by atoms with van der Waals surface area (Å²) >= 11 is 0. The summed E-state index contributed by atoms with van der Waals surface area (Å²) in [5, 5.41) is 5.85. The van der Waals surface area contributed by atoms with E-state index in [9.17, 15) is 9.59 Å². The molecule has 0 aromatic heterocycles. The van der Waals surface area contributed by atoms with Crippen LogP contribution in [0.15, 0.2) is 48.5 Å². The standard InChI is InChI=1S/C23H30N2O3/c1-16(2)15-21(25-22(26)20-8-6-5-7-17(20)3)23(27)24-14-13-18-9-11-19(28-4)12-10-18/h5-12,16,21H,13-15H2,1-4H3,(H,24,27)(H,25,26)/t21-/m1/s1. The molecule has 1 atom stereocenters. The minimum Gasteiger partial charge on any atom is -0.497 e. The van der Waals surface area contributed by atoms with Crippen molar-refractivity contribution in [2.75, 3.05) is 13.7 Å². The molecule has 0 unspecified atom stereocenters. The van der Waals surface area contributed by atoms with E-state index in [0.717, 1.165) is 23.3 Å². The van der Waals surface area contributed by atoms with E-state index in [1.165, 1.54) is 0 Å². The van der Waals surface area contributed by atoms with Gasteiger partial charge in [0.1, 0.15) is 11.8 Å². The number of aryl methyl sites for hydroxylation is 1.